The van der Waals surface area contributed by atoms with Crippen LogP contribution in [0.4, 0.5) is 0 Å². The van der Waals surface area contributed by atoms with Crippen LogP contribution in [-0.2, 0) is 32.6 Å². The highest BCUT2D eigenvalue weighted by atomic mass is 32.2. The minimum absolute atomic E-state index is 0.121. The van der Waals surface area contributed by atoms with Crippen LogP contribution in [0.3, 0.4) is 0 Å². The van der Waals surface area contributed by atoms with E-state index in [2.05, 4.69) is 5.32 Å². The van der Waals surface area contributed by atoms with Gasteiger partial charge < -0.3 is 19.7 Å². The maximum absolute atomic E-state index is 13.4. The lowest BCUT2D eigenvalue weighted by molar-refractivity contribution is -0.152. The summed E-state index contributed by atoms with van der Waals surface area (Å²) in [4.78, 5) is 27.9. The minimum atomic E-state index is -3.66. The highest BCUT2D eigenvalue weighted by Crippen LogP contribution is 2.29. The van der Waals surface area contributed by atoms with Crippen molar-refractivity contribution in [1.29, 1.82) is 0 Å². The number of rotatable bonds is 9. The van der Waals surface area contributed by atoms with Crippen molar-refractivity contribution < 1.29 is 27.5 Å². The summed E-state index contributed by atoms with van der Waals surface area (Å²) in [6, 6.07) is 14.9. The van der Waals surface area contributed by atoms with Crippen LogP contribution in [0.25, 0.3) is 0 Å². The molecule has 2 aromatic carbocycles. The van der Waals surface area contributed by atoms with Crippen molar-refractivity contribution in [3.05, 3.63) is 59.7 Å². The summed E-state index contributed by atoms with van der Waals surface area (Å²) >= 11 is 0. The second kappa shape index (κ2) is 10.4. The molecule has 184 valence electrons. The molecule has 1 N–H and O–H groups in total. The van der Waals surface area contributed by atoms with Gasteiger partial charge in [0, 0.05) is 19.6 Å². The lowest BCUT2D eigenvalue weighted by atomic mass is 9.94. The molecule has 0 spiro atoms. The molecule has 0 aromatic heterocycles. The highest BCUT2D eigenvalue weighted by Gasteiger charge is 2.49. The summed E-state index contributed by atoms with van der Waals surface area (Å²) in [6.07, 6.45) is 1.49. The van der Waals surface area contributed by atoms with Gasteiger partial charge in [-0.25, -0.2) is 8.42 Å². The van der Waals surface area contributed by atoms with Crippen molar-refractivity contribution in [2.45, 2.75) is 25.4 Å². The molecule has 0 aliphatic carbocycles. The molecule has 1 aliphatic heterocycles. The van der Waals surface area contributed by atoms with E-state index in [1.54, 1.807) is 27.2 Å². The molecule has 1 unspecified atom stereocenters. The maximum atomic E-state index is 13.4. The van der Waals surface area contributed by atoms with E-state index >= 15 is 0 Å². The van der Waals surface area contributed by atoms with Gasteiger partial charge in [-0.2, -0.15) is 4.31 Å². The Bertz CT molecular complexity index is 1140. The largest absolute Gasteiger partial charge is 0.493 e. The third kappa shape index (κ3) is 5.68. The molecule has 1 atom stereocenters. The van der Waals surface area contributed by atoms with E-state index in [4.69, 9.17) is 9.47 Å². The Kier molecular flexibility index (Phi) is 7.83. The van der Waals surface area contributed by atoms with Gasteiger partial charge in [-0.1, -0.05) is 36.4 Å². The molecule has 2 amide bonds. The first-order valence-electron chi connectivity index (χ1n) is 10.9. The van der Waals surface area contributed by atoms with Gasteiger partial charge >= 0.3 is 0 Å². The zero-order valence-electron chi connectivity index (χ0n) is 19.9. The number of piperazine rings is 1. The second-order valence-corrected chi connectivity index (χ2v) is 10.4. The normalized spacial score (nSPS) is 19.1. The lowest BCUT2D eigenvalue weighted by Crippen LogP contribution is -2.69. The lowest BCUT2D eigenvalue weighted by Gasteiger charge is -2.46. The van der Waals surface area contributed by atoms with E-state index in [9.17, 15) is 18.0 Å². The monoisotopic (exact) mass is 489 g/mol. The molecule has 0 bridgehead atoms. The van der Waals surface area contributed by atoms with Crippen LogP contribution in [0, 0.1) is 0 Å². The molecule has 0 radical (unpaired) electrons. The molecule has 1 fully saturated rings. The van der Waals surface area contributed by atoms with Gasteiger partial charge in [0.15, 0.2) is 11.5 Å². The molecule has 2 aromatic rings. The van der Waals surface area contributed by atoms with Crippen molar-refractivity contribution in [2.75, 3.05) is 40.1 Å². The fourth-order valence-corrected chi connectivity index (χ4v) is 4.87. The fourth-order valence-electron chi connectivity index (χ4n) is 4.04. The third-order valence-corrected chi connectivity index (χ3v) is 7.21. The van der Waals surface area contributed by atoms with E-state index in [0.717, 1.165) is 21.7 Å². The topological polar surface area (TPSA) is 105 Å². The van der Waals surface area contributed by atoms with Crippen LogP contribution in [0.15, 0.2) is 48.5 Å². The number of benzene rings is 2. The van der Waals surface area contributed by atoms with Gasteiger partial charge in [-0.15, -0.1) is 0 Å². The summed E-state index contributed by atoms with van der Waals surface area (Å²) in [5.41, 5.74) is 0.422. The first-order valence-corrected chi connectivity index (χ1v) is 12.7. The number of sulfonamides is 1. The number of methoxy groups -OCH3 is 2. The molecule has 1 aliphatic rings. The Balaban J connectivity index is 1.83. The molecule has 9 nitrogen and oxygen atoms in total. The molecule has 10 heteroatoms. The van der Waals surface area contributed by atoms with Gasteiger partial charge in [0.25, 0.3) is 0 Å². The zero-order chi connectivity index (χ0) is 24.9. The summed E-state index contributed by atoms with van der Waals surface area (Å²) < 4.78 is 36.2. The van der Waals surface area contributed by atoms with Gasteiger partial charge in [-0.05, 0) is 36.6 Å². The van der Waals surface area contributed by atoms with Crippen LogP contribution in [0.1, 0.15) is 18.1 Å². The summed E-state index contributed by atoms with van der Waals surface area (Å²) in [5, 5.41) is 2.87. The second-order valence-electron chi connectivity index (χ2n) is 8.46. The number of hydrogen-bond donors (Lipinski definition) is 1. The van der Waals surface area contributed by atoms with Crippen molar-refractivity contribution in [1.82, 2.24) is 14.5 Å². The van der Waals surface area contributed by atoms with Crippen LogP contribution in [0.2, 0.25) is 0 Å². The highest BCUT2D eigenvalue weighted by molar-refractivity contribution is 7.88. The van der Waals surface area contributed by atoms with Crippen LogP contribution in [-0.4, -0.2) is 75.1 Å². The molecule has 0 saturated carbocycles. The Hall–Kier alpha value is -3.11. The summed E-state index contributed by atoms with van der Waals surface area (Å²) in [7, 11) is -0.564. The fraction of sp³-hybridized carbons (Fsp3) is 0.417. The minimum Gasteiger partial charge on any atom is -0.493 e. The third-order valence-electron chi connectivity index (χ3n) is 6.02. The number of ether oxygens (including phenoxy) is 2. The van der Waals surface area contributed by atoms with Gasteiger partial charge in [0.2, 0.25) is 21.8 Å². The van der Waals surface area contributed by atoms with Crippen molar-refractivity contribution in [3.63, 3.8) is 0 Å². The van der Waals surface area contributed by atoms with E-state index in [-0.39, 0.29) is 26.2 Å². The van der Waals surface area contributed by atoms with E-state index < -0.39 is 27.4 Å². The SMILES string of the molecule is COc1ccc(CCN2C(=O)CN(S(C)(=O)=O)CC2(C)C(=O)NCc2ccccc2)cc1OC. The smallest absolute Gasteiger partial charge is 0.247 e. The molecule has 34 heavy (non-hydrogen) atoms. The molecule has 3 rings (SSSR count). The maximum Gasteiger partial charge on any atom is 0.247 e. The predicted octanol–water partition coefficient (Wildman–Crippen LogP) is 1.43. The zero-order valence-corrected chi connectivity index (χ0v) is 20.7. The van der Waals surface area contributed by atoms with Crippen molar-refractivity contribution >= 4 is 21.8 Å². The number of nitrogens with one attached hydrogen (secondary N) is 1. The Morgan fingerprint density at radius 2 is 1.74 bits per heavy atom. The Morgan fingerprint density at radius 1 is 1.06 bits per heavy atom. The molecular weight excluding hydrogens is 458 g/mol. The number of amides is 2. The van der Waals surface area contributed by atoms with E-state index in [0.29, 0.717) is 17.9 Å². The van der Waals surface area contributed by atoms with Gasteiger partial charge in [-0.3, -0.25) is 9.59 Å². The first-order chi connectivity index (χ1) is 16.1. The quantitative estimate of drug-likeness (QED) is 0.571. The van der Waals surface area contributed by atoms with Crippen LogP contribution in [0.5, 0.6) is 11.5 Å². The molecule has 1 heterocycles. The van der Waals surface area contributed by atoms with E-state index in [1.807, 2.05) is 42.5 Å². The van der Waals surface area contributed by atoms with Crippen molar-refractivity contribution in [3.8, 4) is 11.5 Å². The van der Waals surface area contributed by atoms with Crippen molar-refractivity contribution in [2.24, 2.45) is 0 Å². The van der Waals surface area contributed by atoms with Crippen LogP contribution < -0.4 is 14.8 Å². The van der Waals surface area contributed by atoms with Crippen LogP contribution >= 0.6 is 0 Å². The number of hydrogen-bond acceptors (Lipinski definition) is 6. The Morgan fingerprint density at radius 3 is 2.35 bits per heavy atom. The average Bonchev–Trinajstić information content (AvgIpc) is 2.81. The summed E-state index contributed by atoms with van der Waals surface area (Å²) in [5.74, 6) is 0.325. The van der Waals surface area contributed by atoms with Gasteiger partial charge in [0.05, 0.1) is 27.0 Å². The van der Waals surface area contributed by atoms with E-state index in [1.165, 1.54) is 4.90 Å². The standard InChI is InChI=1S/C24H31N3O6S/c1-24(23(29)25-15-19-8-6-5-7-9-19)17-26(34(4,30)31)16-22(28)27(24)13-12-18-10-11-20(32-2)21(14-18)33-3/h5-11,14H,12-13,15-17H2,1-4H3,(H,25,29). The number of carbonyl (C=O) groups excluding carboxylic acids is 2. The molecular formula is C24H31N3O6S. The Labute approximate surface area is 200 Å². The first kappa shape index (κ1) is 25.5. The van der Waals surface area contributed by atoms with Gasteiger partial charge in [0.1, 0.15) is 5.54 Å². The predicted molar refractivity (Wildman–Crippen MR) is 128 cm³/mol. The number of nitrogens with zero attached hydrogens (tertiary/aromatic N) is 2. The molecule has 1 saturated heterocycles. The average molecular weight is 490 g/mol. The number of carbonyl (C=O) groups is 2. The summed E-state index contributed by atoms with van der Waals surface area (Å²) in [6.45, 7) is 1.70.